The number of anilines is 3. The topological polar surface area (TPSA) is 68.1 Å². The van der Waals surface area contributed by atoms with Crippen LogP contribution in [0.15, 0.2) is 30.3 Å². The van der Waals surface area contributed by atoms with E-state index in [1.807, 2.05) is 18.2 Å². The molecular formula is C23H32N6. The van der Waals surface area contributed by atoms with Crippen LogP contribution in [-0.4, -0.2) is 47.6 Å². The fraction of sp³-hybridized carbons (Fsp3) is 0.522. The Balaban J connectivity index is 1.77. The second-order valence-corrected chi connectivity index (χ2v) is 7.70. The number of rotatable bonds is 9. The summed E-state index contributed by atoms with van der Waals surface area (Å²) in [5.41, 5.74) is 2.52. The molecule has 29 heavy (non-hydrogen) atoms. The first-order chi connectivity index (χ1) is 14.1. The van der Waals surface area contributed by atoms with E-state index in [-0.39, 0.29) is 0 Å². The smallest absolute Gasteiger partial charge is 0.229 e. The largest absolute Gasteiger partial charge is 0.356 e. The van der Waals surface area contributed by atoms with E-state index in [4.69, 9.17) is 15.2 Å². The molecule has 6 nitrogen and oxygen atoms in total. The minimum atomic E-state index is 0.605. The second-order valence-electron chi connectivity index (χ2n) is 7.70. The van der Waals surface area contributed by atoms with Crippen molar-refractivity contribution in [2.45, 2.75) is 40.0 Å². The fourth-order valence-electron chi connectivity index (χ4n) is 3.92. The van der Waals surface area contributed by atoms with Gasteiger partial charge in [-0.3, -0.25) is 0 Å². The van der Waals surface area contributed by atoms with Crippen molar-refractivity contribution >= 4 is 17.5 Å². The summed E-state index contributed by atoms with van der Waals surface area (Å²) >= 11 is 0. The van der Waals surface area contributed by atoms with E-state index in [2.05, 4.69) is 48.0 Å². The van der Waals surface area contributed by atoms with Gasteiger partial charge in [0, 0.05) is 37.1 Å². The molecule has 0 spiro atoms. The molecule has 0 saturated carbocycles. The van der Waals surface area contributed by atoms with E-state index in [1.165, 1.54) is 6.42 Å². The number of hydrogen-bond donors (Lipinski definition) is 1. The first-order valence-electron chi connectivity index (χ1n) is 10.8. The van der Waals surface area contributed by atoms with Crippen molar-refractivity contribution in [3.05, 3.63) is 41.6 Å². The minimum Gasteiger partial charge on any atom is -0.356 e. The standard InChI is InChI=1S/C23H32N6/c1-4-8-20-14-22(29-12-11-19(17-29)16-28(5-2)6-3)27-23(25-20)26-21-10-7-9-18(13-21)15-24/h7,9-10,13-14,19H,4-6,8,11-12,16-17H2,1-3H3,(H,25,26,27)/t19-/m1/s1. The molecule has 0 radical (unpaired) electrons. The molecule has 1 atom stereocenters. The highest BCUT2D eigenvalue weighted by Crippen LogP contribution is 2.26. The molecule has 0 bridgehead atoms. The van der Waals surface area contributed by atoms with Gasteiger partial charge in [0.2, 0.25) is 5.95 Å². The molecule has 0 amide bonds. The minimum absolute atomic E-state index is 0.605. The highest BCUT2D eigenvalue weighted by Gasteiger charge is 2.25. The van der Waals surface area contributed by atoms with Crippen LogP contribution in [0, 0.1) is 17.2 Å². The Hall–Kier alpha value is -2.65. The van der Waals surface area contributed by atoms with Gasteiger partial charge in [-0.1, -0.05) is 33.3 Å². The zero-order valence-corrected chi connectivity index (χ0v) is 17.9. The fourth-order valence-corrected chi connectivity index (χ4v) is 3.92. The maximum Gasteiger partial charge on any atom is 0.229 e. The monoisotopic (exact) mass is 392 g/mol. The molecule has 1 aromatic carbocycles. The number of benzene rings is 1. The maximum atomic E-state index is 9.13. The molecule has 154 valence electrons. The summed E-state index contributed by atoms with van der Waals surface area (Å²) in [6.07, 6.45) is 3.18. The lowest BCUT2D eigenvalue weighted by Gasteiger charge is -2.23. The van der Waals surface area contributed by atoms with Crippen molar-refractivity contribution in [1.29, 1.82) is 5.26 Å². The van der Waals surface area contributed by atoms with Crippen LogP contribution in [0.3, 0.4) is 0 Å². The normalized spacial score (nSPS) is 16.2. The molecule has 0 unspecified atom stereocenters. The van der Waals surface area contributed by atoms with Gasteiger partial charge < -0.3 is 15.1 Å². The predicted octanol–water partition coefficient (Wildman–Crippen LogP) is 4.21. The Morgan fingerprint density at radius 1 is 1.21 bits per heavy atom. The lowest BCUT2D eigenvalue weighted by atomic mass is 10.1. The molecule has 1 N–H and O–H groups in total. The molecule has 0 aliphatic carbocycles. The molecule has 3 rings (SSSR count). The van der Waals surface area contributed by atoms with E-state index in [0.717, 1.165) is 62.8 Å². The third kappa shape index (κ3) is 5.68. The maximum absolute atomic E-state index is 9.13. The molecule has 1 saturated heterocycles. The zero-order valence-electron chi connectivity index (χ0n) is 17.9. The van der Waals surface area contributed by atoms with E-state index >= 15 is 0 Å². The second kappa shape index (κ2) is 10.2. The summed E-state index contributed by atoms with van der Waals surface area (Å²) in [6.45, 7) is 12.1. The molecule has 1 aliphatic heterocycles. The summed E-state index contributed by atoms with van der Waals surface area (Å²) < 4.78 is 0. The van der Waals surface area contributed by atoms with Crippen LogP contribution >= 0.6 is 0 Å². The Labute approximate surface area is 174 Å². The number of aromatic nitrogens is 2. The van der Waals surface area contributed by atoms with E-state index in [1.54, 1.807) is 6.07 Å². The van der Waals surface area contributed by atoms with Crippen LogP contribution in [0.5, 0.6) is 0 Å². The molecule has 1 aromatic heterocycles. The van der Waals surface area contributed by atoms with Crippen molar-refractivity contribution in [3.63, 3.8) is 0 Å². The third-order valence-corrected chi connectivity index (χ3v) is 5.54. The van der Waals surface area contributed by atoms with Gasteiger partial charge in [-0.05, 0) is 50.0 Å². The third-order valence-electron chi connectivity index (χ3n) is 5.54. The summed E-state index contributed by atoms with van der Waals surface area (Å²) in [7, 11) is 0. The Morgan fingerprint density at radius 2 is 2.03 bits per heavy atom. The Kier molecular flexibility index (Phi) is 7.42. The van der Waals surface area contributed by atoms with Crippen LogP contribution in [0.2, 0.25) is 0 Å². The van der Waals surface area contributed by atoms with Gasteiger partial charge in [-0.25, -0.2) is 4.98 Å². The van der Waals surface area contributed by atoms with E-state index in [0.29, 0.717) is 17.4 Å². The quantitative estimate of drug-likeness (QED) is 0.689. The average molecular weight is 393 g/mol. The number of nitrogens with one attached hydrogen (secondary N) is 1. The van der Waals surface area contributed by atoms with Gasteiger partial charge in [-0.15, -0.1) is 0 Å². The lowest BCUT2D eigenvalue weighted by molar-refractivity contribution is 0.261. The van der Waals surface area contributed by atoms with Crippen molar-refractivity contribution in [1.82, 2.24) is 14.9 Å². The molecule has 1 aliphatic rings. The molecule has 2 aromatic rings. The van der Waals surface area contributed by atoms with Crippen LogP contribution < -0.4 is 10.2 Å². The van der Waals surface area contributed by atoms with Crippen LogP contribution in [0.1, 0.15) is 44.9 Å². The van der Waals surface area contributed by atoms with Crippen molar-refractivity contribution in [2.75, 3.05) is 42.9 Å². The SMILES string of the molecule is CCCc1cc(N2CC[C@H](CN(CC)CC)C2)nc(Nc2cccc(C#N)c2)n1. The summed E-state index contributed by atoms with van der Waals surface area (Å²) in [6, 6.07) is 11.7. The van der Waals surface area contributed by atoms with Gasteiger partial charge in [0.25, 0.3) is 0 Å². The highest BCUT2D eigenvalue weighted by molar-refractivity contribution is 5.58. The van der Waals surface area contributed by atoms with Gasteiger partial charge in [0.15, 0.2) is 0 Å². The molecule has 1 fully saturated rings. The van der Waals surface area contributed by atoms with E-state index in [9.17, 15) is 0 Å². The number of aryl methyl sites for hydroxylation is 1. The predicted molar refractivity (Wildman–Crippen MR) is 119 cm³/mol. The number of hydrogen-bond acceptors (Lipinski definition) is 6. The van der Waals surface area contributed by atoms with Gasteiger partial charge >= 0.3 is 0 Å². The Bertz CT molecular complexity index is 840. The molecular weight excluding hydrogens is 360 g/mol. The summed E-state index contributed by atoms with van der Waals surface area (Å²) in [4.78, 5) is 14.4. The van der Waals surface area contributed by atoms with Crippen molar-refractivity contribution in [2.24, 2.45) is 5.92 Å². The van der Waals surface area contributed by atoms with E-state index < -0.39 is 0 Å². The van der Waals surface area contributed by atoms with Crippen LogP contribution in [0.4, 0.5) is 17.5 Å². The first kappa shape index (κ1) is 21.1. The van der Waals surface area contributed by atoms with Crippen LogP contribution in [0.25, 0.3) is 0 Å². The highest BCUT2D eigenvalue weighted by atomic mass is 15.2. The average Bonchev–Trinajstić information content (AvgIpc) is 3.21. The van der Waals surface area contributed by atoms with Crippen LogP contribution in [-0.2, 0) is 6.42 Å². The molecule has 2 heterocycles. The number of nitrogens with zero attached hydrogens (tertiary/aromatic N) is 5. The van der Waals surface area contributed by atoms with Gasteiger partial charge in [0.1, 0.15) is 5.82 Å². The summed E-state index contributed by atoms with van der Waals surface area (Å²) in [5.74, 6) is 2.29. The lowest BCUT2D eigenvalue weighted by Crippen LogP contribution is -2.31. The Morgan fingerprint density at radius 3 is 2.76 bits per heavy atom. The number of nitriles is 1. The van der Waals surface area contributed by atoms with Gasteiger partial charge in [-0.2, -0.15) is 10.2 Å². The van der Waals surface area contributed by atoms with Gasteiger partial charge in [0.05, 0.1) is 11.6 Å². The van der Waals surface area contributed by atoms with Crippen molar-refractivity contribution < 1.29 is 0 Å². The zero-order chi connectivity index (χ0) is 20.6. The van der Waals surface area contributed by atoms with Crippen molar-refractivity contribution in [3.8, 4) is 6.07 Å². The first-order valence-corrected chi connectivity index (χ1v) is 10.8. The molecule has 6 heteroatoms. The summed E-state index contributed by atoms with van der Waals surface area (Å²) in [5, 5.41) is 12.4.